The number of carboxylic acids is 1. The van der Waals surface area contributed by atoms with E-state index in [1.54, 1.807) is 18.2 Å². The van der Waals surface area contributed by atoms with Crippen molar-refractivity contribution in [3.63, 3.8) is 0 Å². The lowest BCUT2D eigenvalue weighted by Crippen LogP contribution is -2.22. The SMILES string of the molecule is O=C(O)C1Nc2ccccc2S(=O)(=O)n2cccc21. The number of fused-ring (bicyclic) bond motifs is 2. The van der Waals surface area contributed by atoms with Gasteiger partial charge in [-0.15, -0.1) is 0 Å². The third-order valence-corrected chi connectivity index (χ3v) is 4.77. The maximum Gasteiger partial charge on any atom is 0.332 e. The van der Waals surface area contributed by atoms with Gasteiger partial charge in [0.1, 0.15) is 4.90 Å². The second-order valence-corrected chi connectivity index (χ2v) is 5.93. The van der Waals surface area contributed by atoms with Crippen LogP contribution in [0, 0.1) is 0 Å². The molecule has 0 spiro atoms. The molecule has 0 saturated heterocycles. The Balaban J connectivity index is 2.36. The lowest BCUT2D eigenvalue weighted by atomic mass is 10.2. The van der Waals surface area contributed by atoms with E-state index in [9.17, 15) is 18.3 Å². The summed E-state index contributed by atoms with van der Waals surface area (Å²) in [6, 6.07) is 8.14. The molecular weight excluding hydrogens is 268 g/mol. The zero-order valence-electron chi connectivity index (χ0n) is 9.65. The molecule has 0 saturated carbocycles. The molecule has 2 heterocycles. The van der Waals surface area contributed by atoms with E-state index in [0.29, 0.717) is 5.69 Å². The van der Waals surface area contributed by atoms with Gasteiger partial charge >= 0.3 is 5.97 Å². The fourth-order valence-corrected chi connectivity index (χ4v) is 3.70. The van der Waals surface area contributed by atoms with Gasteiger partial charge in [-0.1, -0.05) is 12.1 Å². The summed E-state index contributed by atoms with van der Waals surface area (Å²) in [4.78, 5) is 11.4. The predicted octanol–water partition coefficient (Wildman–Crippen LogP) is 1.28. The number of rotatable bonds is 1. The smallest absolute Gasteiger partial charge is 0.332 e. The third-order valence-electron chi connectivity index (χ3n) is 3.01. The van der Waals surface area contributed by atoms with Crippen molar-refractivity contribution in [1.29, 1.82) is 0 Å². The van der Waals surface area contributed by atoms with E-state index in [4.69, 9.17) is 0 Å². The second-order valence-electron chi connectivity index (χ2n) is 4.15. The Labute approximate surface area is 109 Å². The molecule has 2 aromatic rings. The first kappa shape index (κ1) is 11.8. The highest BCUT2D eigenvalue weighted by molar-refractivity contribution is 7.90. The number of nitrogens with one attached hydrogen (secondary N) is 1. The second kappa shape index (κ2) is 3.86. The van der Waals surface area contributed by atoms with E-state index in [2.05, 4.69) is 5.32 Å². The number of carboxylic acid groups (broad SMARTS) is 1. The van der Waals surface area contributed by atoms with Gasteiger partial charge in [0.15, 0.2) is 6.04 Å². The van der Waals surface area contributed by atoms with E-state index in [1.165, 1.54) is 24.4 Å². The highest BCUT2D eigenvalue weighted by Gasteiger charge is 2.33. The van der Waals surface area contributed by atoms with Crippen LogP contribution < -0.4 is 5.32 Å². The van der Waals surface area contributed by atoms with E-state index in [1.807, 2.05) is 0 Å². The van der Waals surface area contributed by atoms with Crippen molar-refractivity contribution < 1.29 is 18.3 Å². The summed E-state index contributed by atoms with van der Waals surface area (Å²) in [5.41, 5.74) is 0.474. The molecule has 3 rings (SSSR count). The molecule has 0 radical (unpaired) electrons. The molecule has 1 aromatic carbocycles. The lowest BCUT2D eigenvalue weighted by molar-refractivity contribution is -0.138. The van der Waals surface area contributed by atoms with Crippen molar-refractivity contribution in [2.75, 3.05) is 5.32 Å². The largest absolute Gasteiger partial charge is 0.479 e. The molecule has 98 valence electrons. The number of hydrogen-bond donors (Lipinski definition) is 2. The lowest BCUT2D eigenvalue weighted by Gasteiger charge is -2.12. The number of aliphatic carboxylic acids is 1. The molecule has 2 N–H and O–H groups in total. The van der Waals surface area contributed by atoms with Crippen LogP contribution in [0.3, 0.4) is 0 Å². The Morgan fingerprint density at radius 1 is 1.21 bits per heavy atom. The van der Waals surface area contributed by atoms with E-state index < -0.39 is 22.0 Å². The summed E-state index contributed by atoms with van der Waals surface area (Å²) in [5.74, 6) is -1.13. The first-order valence-corrected chi connectivity index (χ1v) is 6.97. The standard InChI is InChI=1S/C12H10N2O4S/c15-12(16)11-9-5-3-7-14(9)19(17,18)10-6-2-1-4-8(10)13-11/h1-7,11,13H,(H,15,16). The van der Waals surface area contributed by atoms with Crippen molar-refractivity contribution in [2.24, 2.45) is 0 Å². The zero-order valence-corrected chi connectivity index (χ0v) is 10.5. The van der Waals surface area contributed by atoms with Gasteiger partial charge in [-0.05, 0) is 24.3 Å². The number of nitrogens with zero attached hydrogens (tertiary/aromatic N) is 1. The van der Waals surface area contributed by atoms with Gasteiger partial charge in [0, 0.05) is 6.20 Å². The highest BCUT2D eigenvalue weighted by atomic mass is 32.2. The summed E-state index contributed by atoms with van der Waals surface area (Å²) in [6.07, 6.45) is 1.35. The van der Waals surface area contributed by atoms with Crippen molar-refractivity contribution in [2.45, 2.75) is 10.9 Å². The number of aromatic nitrogens is 1. The fourth-order valence-electron chi connectivity index (χ4n) is 2.16. The molecular formula is C12H10N2O4S. The summed E-state index contributed by atoms with van der Waals surface area (Å²) < 4.78 is 26.0. The molecule has 1 atom stereocenters. The Morgan fingerprint density at radius 3 is 2.68 bits per heavy atom. The van der Waals surface area contributed by atoms with Gasteiger partial charge in [0.25, 0.3) is 10.0 Å². The van der Waals surface area contributed by atoms with Gasteiger partial charge in [0.2, 0.25) is 0 Å². The van der Waals surface area contributed by atoms with Crippen LogP contribution in [0.25, 0.3) is 0 Å². The van der Waals surface area contributed by atoms with Crippen molar-refractivity contribution in [3.05, 3.63) is 48.3 Å². The molecule has 0 amide bonds. The van der Waals surface area contributed by atoms with E-state index in [-0.39, 0.29) is 10.6 Å². The van der Waals surface area contributed by atoms with E-state index in [0.717, 1.165) is 3.97 Å². The Bertz CT molecular complexity index is 764. The van der Waals surface area contributed by atoms with Crippen LogP contribution in [0.1, 0.15) is 11.7 Å². The molecule has 19 heavy (non-hydrogen) atoms. The van der Waals surface area contributed by atoms with Crippen LogP contribution >= 0.6 is 0 Å². The Morgan fingerprint density at radius 2 is 1.95 bits per heavy atom. The fraction of sp³-hybridized carbons (Fsp3) is 0.0833. The summed E-state index contributed by atoms with van der Waals surface area (Å²) in [6.45, 7) is 0. The third kappa shape index (κ3) is 1.62. The minimum absolute atomic E-state index is 0.0659. The highest BCUT2D eigenvalue weighted by Crippen LogP contribution is 2.33. The Hall–Kier alpha value is -2.28. The van der Waals surface area contributed by atoms with Crippen molar-refractivity contribution in [1.82, 2.24) is 3.97 Å². The molecule has 0 bridgehead atoms. The van der Waals surface area contributed by atoms with Crippen LogP contribution in [0.15, 0.2) is 47.5 Å². The zero-order chi connectivity index (χ0) is 13.6. The minimum atomic E-state index is -3.77. The summed E-state index contributed by atoms with van der Waals surface area (Å²) in [5, 5.41) is 12.0. The molecule has 0 fully saturated rings. The van der Waals surface area contributed by atoms with Crippen LogP contribution in [0.4, 0.5) is 5.69 Å². The molecule has 0 aliphatic carbocycles. The average molecular weight is 278 g/mol. The number of para-hydroxylation sites is 1. The first-order chi connectivity index (χ1) is 9.01. The number of carbonyl (C=O) groups is 1. The van der Waals surface area contributed by atoms with Crippen molar-refractivity contribution in [3.8, 4) is 0 Å². The average Bonchev–Trinajstić information content (AvgIpc) is 2.82. The molecule has 1 aliphatic heterocycles. The topological polar surface area (TPSA) is 88.4 Å². The molecule has 1 aliphatic rings. The van der Waals surface area contributed by atoms with Gasteiger partial charge in [-0.25, -0.2) is 17.2 Å². The van der Waals surface area contributed by atoms with Crippen LogP contribution in [0.2, 0.25) is 0 Å². The monoisotopic (exact) mass is 278 g/mol. The summed E-state index contributed by atoms with van der Waals surface area (Å²) >= 11 is 0. The quantitative estimate of drug-likeness (QED) is 0.820. The molecule has 7 heteroatoms. The maximum atomic E-state index is 12.5. The van der Waals surface area contributed by atoms with Gasteiger partial charge < -0.3 is 10.4 Å². The Kier molecular flexibility index (Phi) is 2.39. The molecule has 1 unspecified atom stereocenters. The van der Waals surface area contributed by atoms with Gasteiger partial charge in [-0.3, -0.25) is 0 Å². The number of benzene rings is 1. The number of anilines is 1. The van der Waals surface area contributed by atoms with Crippen molar-refractivity contribution >= 4 is 21.7 Å². The predicted molar refractivity (Wildman–Crippen MR) is 67.5 cm³/mol. The van der Waals surface area contributed by atoms with Gasteiger partial charge in [0.05, 0.1) is 11.4 Å². The normalized spacial score (nSPS) is 19.7. The molecule has 1 aromatic heterocycles. The molecule has 6 nitrogen and oxygen atoms in total. The summed E-state index contributed by atoms with van der Waals surface area (Å²) in [7, 11) is -3.77. The maximum absolute atomic E-state index is 12.5. The van der Waals surface area contributed by atoms with E-state index >= 15 is 0 Å². The van der Waals surface area contributed by atoms with Crippen LogP contribution in [-0.2, 0) is 14.8 Å². The van der Waals surface area contributed by atoms with Crippen LogP contribution in [0.5, 0.6) is 0 Å². The minimum Gasteiger partial charge on any atom is -0.479 e. The van der Waals surface area contributed by atoms with Crippen LogP contribution in [-0.4, -0.2) is 23.5 Å². The first-order valence-electron chi connectivity index (χ1n) is 5.53. The van der Waals surface area contributed by atoms with Gasteiger partial charge in [-0.2, -0.15) is 0 Å². The number of hydrogen-bond acceptors (Lipinski definition) is 4.